The fourth-order valence-corrected chi connectivity index (χ4v) is 2.40. The lowest BCUT2D eigenvalue weighted by Gasteiger charge is -2.10. The van der Waals surface area contributed by atoms with Gasteiger partial charge in [-0.15, -0.1) is 0 Å². The third kappa shape index (κ3) is 3.11. The first-order chi connectivity index (χ1) is 8.56. The minimum Gasteiger partial charge on any atom is -0.437 e. The summed E-state index contributed by atoms with van der Waals surface area (Å²) in [4.78, 5) is 4.26. The Morgan fingerprint density at radius 2 is 2.22 bits per heavy atom. The molecular formula is C13H15FN2OS. The van der Waals surface area contributed by atoms with Gasteiger partial charge in [0.05, 0.1) is 5.69 Å². The zero-order valence-corrected chi connectivity index (χ0v) is 11.1. The highest BCUT2D eigenvalue weighted by atomic mass is 32.2. The SMILES string of the molecule is Cc1nc(SCC(N)c2cccc(F)c2)oc1C. The van der Waals surface area contributed by atoms with Gasteiger partial charge in [-0.3, -0.25) is 0 Å². The zero-order chi connectivity index (χ0) is 13.1. The number of benzene rings is 1. The predicted molar refractivity (Wildman–Crippen MR) is 70.0 cm³/mol. The largest absolute Gasteiger partial charge is 0.437 e. The van der Waals surface area contributed by atoms with Crippen molar-refractivity contribution < 1.29 is 8.81 Å². The molecular weight excluding hydrogens is 251 g/mol. The molecule has 0 bridgehead atoms. The molecule has 1 aromatic carbocycles. The van der Waals surface area contributed by atoms with Crippen molar-refractivity contribution in [3.63, 3.8) is 0 Å². The van der Waals surface area contributed by atoms with Gasteiger partial charge in [-0.1, -0.05) is 23.9 Å². The summed E-state index contributed by atoms with van der Waals surface area (Å²) in [6.45, 7) is 3.77. The van der Waals surface area contributed by atoms with E-state index in [1.54, 1.807) is 6.07 Å². The van der Waals surface area contributed by atoms with Gasteiger partial charge >= 0.3 is 0 Å². The molecule has 1 aromatic heterocycles. The summed E-state index contributed by atoms with van der Waals surface area (Å²) < 4.78 is 18.5. The van der Waals surface area contributed by atoms with Crippen LogP contribution in [0.25, 0.3) is 0 Å². The Bertz CT molecular complexity index is 522. The van der Waals surface area contributed by atoms with Crippen molar-refractivity contribution in [3.05, 3.63) is 47.1 Å². The number of aryl methyl sites for hydroxylation is 2. The maximum atomic E-state index is 13.1. The summed E-state index contributed by atoms with van der Waals surface area (Å²) in [5.41, 5.74) is 7.67. The second-order valence-electron chi connectivity index (χ2n) is 4.09. The van der Waals surface area contributed by atoms with Crippen LogP contribution in [-0.4, -0.2) is 10.7 Å². The summed E-state index contributed by atoms with van der Waals surface area (Å²) in [7, 11) is 0. The van der Waals surface area contributed by atoms with Crippen molar-refractivity contribution in [1.82, 2.24) is 4.98 Å². The second kappa shape index (κ2) is 5.54. The van der Waals surface area contributed by atoms with Gasteiger partial charge in [-0.2, -0.15) is 0 Å². The molecule has 0 aliphatic rings. The third-order valence-corrected chi connectivity index (χ3v) is 3.62. The summed E-state index contributed by atoms with van der Waals surface area (Å²) in [6.07, 6.45) is 0. The molecule has 96 valence electrons. The Morgan fingerprint density at radius 1 is 1.44 bits per heavy atom. The van der Waals surface area contributed by atoms with Gasteiger partial charge < -0.3 is 10.2 Å². The molecule has 18 heavy (non-hydrogen) atoms. The highest BCUT2D eigenvalue weighted by Crippen LogP contribution is 2.24. The first-order valence-corrected chi connectivity index (χ1v) is 6.62. The van der Waals surface area contributed by atoms with Crippen molar-refractivity contribution >= 4 is 11.8 Å². The van der Waals surface area contributed by atoms with E-state index in [-0.39, 0.29) is 11.9 Å². The molecule has 2 aromatic rings. The monoisotopic (exact) mass is 266 g/mol. The van der Waals surface area contributed by atoms with E-state index in [0.29, 0.717) is 11.0 Å². The zero-order valence-electron chi connectivity index (χ0n) is 10.3. The number of nitrogens with two attached hydrogens (primary N) is 1. The quantitative estimate of drug-likeness (QED) is 0.863. The van der Waals surface area contributed by atoms with Crippen LogP contribution >= 0.6 is 11.8 Å². The van der Waals surface area contributed by atoms with Crippen molar-refractivity contribution in [1.29, 1.82) is 0 Å². The topological polar surface area (TPSA) is 52.0 Å². The number of hydrogen-bond donors (Lipinski definition) is 1. The Kier molecular flexibility index (Phi) is 4.04. The average molecular weight is 266 g/mol. The number of thioether (sulfide) groups is 1. The molecule has 0 spiro atoms. The van der Waals surface area contributed by atoms with Gasteiger partial charge in [0.2, 0.25) is 0 Å². The van der Waals surface area contributed by atoms with Crippen LogP contribution in [0.3, 0.4) is 0 Å². The standard InChI is InChI=1S/C13H15FN2OS/c1-8-9(2)17-13(16-8)18-7-12(15)10-4-3-5-11(14)6-10/h3-6,12H,7,15H2,1-2H3. The van der Waals surface area contributed by atoms with Crippen LogP contribution in [-0.2, 0) is 0 Å². The minimum atomic E-state index is -0.268. The Labute approximate surface area is 110 Å². The second-order valence-corrected chi connectivity index (χ2v) is 5.07. The van der Waals surface area contributed by atoms with E-state index < -0.39 is 0 Å². The number of halogens is 1. The van der Waals surface area contributed by atoms with E-state index in [2.05, 4.69) is 4.98 Å². The van der Waals surface area contributed by atoms with Crippen LogP contribution in [0, 0.1) is 19.7 Å². The fraction of sp³-hybridized carbons (Fsp3) is 0.308. The minimum absolute atomic E-state index is 0.238. The van der Waals surface area contributed by atoms with Crippen molar-refractivity contribution in [2.75, 3.05) is 5.75 Å². The number of nitrogens with zero attached hydrogens (tertiary/aromatic N) is 1. The Balaban J connectivity index is 1.98. The number of oxazole rings is 1. The first-order valence-electron chi connectivity index (χ1n) is 5.64. The van der Waals surface area contributed by atoms with E-state index in [9.17, 15) is 4.39 Å². The van der Waals surface area contributed by atoms with Crippen LogP contribution in [0.4, 0.5) is 4.39 Å². The van der Waals surface area contributed by atoms with E-state index in [1.807, 2.05) is 19.9 Å². The lowest BCUT2D eigenvalue weighted by Crippen LogP contribution is -2.13. The fourth-order valence-electron chi connectivity index (χ4n) is 1.50. The highest BCUT2D eigenvalue weighted by molar-refractivity contribution is 7.99. The van der Waals surface area contributed by atoms with Crippen molar-refractivity contribution in [2.45, 2.75) is 25.1 Å². The van der Waals surface area contributed by atoms with Gasteiger partial charge in [-0.25, -0.2) is 9.37 Å². The van der Waals surface area contributed by atoms with Crippen molar-refractivity contribution in [2.24, 2.45) is 5.73 Å². The van der Waals surface area contributed by atoms with Crippen LogP contribution in [0.15, 0.2) is 33.9 Å². The van der Waals surface area contributed by atoms with Gasteiger partial charge in [0.1, 0.15) is 11.6 Å². The highest BCUT2D eigenvalue weighted by Gasteiger charge is 2.11. The molecule has 0 amide bonds. The molecule has 1 atom stereocenters. The Morgan fingerprint density at radius 3 is 2.83 bits per heavy atom. The first kappa shape index (κ1) is 13.1. The average Bonchev–Trinajstić information content (AvgIpc) is 2.66. The van der Waals surface area contributed by atoms with Gasteiger partial charge in [-0.05, 0) is 31.5 Å². The van der Waals surface area contributed by atoms with Crippen LogP contribution < -0.4 is 5.73 Å². The van der Waals surface area contributed by atoms with E-state index in [1.165, 1.54) is 23.9 Å². The number of aromatic nitrogens is 1. The summed E-state index contributed by atoms with van der Waals surface area (Å²) in [6, 6.07) is 6.11. The van der Waals surface area contributed by atoms with Crippen molar-refractivity contribution in [3.8, 4) is 0 Å². The third-order valence-electron chi connectivity index (χ3n) is 2.67. The lowest BCUT2D eigenvalue weighted by molar-refractivity contribution is 0.431. The predicted octanol–water partition coefficient (Wildman–Crippen LogP) is 3.22. The molecule has 0 aliphatic carbocycles. The Hall–Kier alpha value is -1.33. The van der Waals surface area contributed by atoms with Gasteiger partial charge in [0.25, 0.3) is 5.22 Å². The summed E-state index contributed by atoms with van der Waals surface area (Å²) in [5.74, 6) is 1.15. The smallest absolute Gasteiger partial charge is 0.256 e. The van der Waals surface area contributed by atoms with Crippen LogP contribution in [0.2, 0.25) is 0 Å². The molecule has 2 rings (SSSR count). The van der Waals surface area contributed by atoms with Gasteiger partial charge in [0, 0.05) is 11.8 Å². The van der Waals surface area contributed by atoms with E-state index in [0.717, 1.165) is 17.0 Å². The molecule has 3 nitrogen and oxygen atoms in total. The molecule has 1 heterocycles. The lowest BCUT2D eigenvalue weighted by atomic mass is 10.1. The van der Waals surface area contributed by atoms with E-state index in [4.69, 9.17) is 10.2 Å². The normalized spacial score (nSPS) is 12.7. The number of hydrogen-bond acceptors (Lipinski definition) is 4. The molecule has 0 saturated heterocycles. The van der Waals surface area contributed by atoms with Crippen LogP contribution in [0.1, 0.15) is 23.1 Å². The molecule has 0 aliphatic heterocycles. The molecule has 2 N–H and O–H groups in total. The summed E-state index contributed by atoms with van der Waals surface area (Å²) in [5, 5.41) is 0.608. The van der Waals surface area contributed by atoms with Gasteiger partial charge in [0.15, 0.2) is 0 Å². The van der Waals surface area contributed by atoms with E-state index >= 15 is 0 Å². The maximum absolute atomic E-state index is 13.1. The molecule has 0 fully saturated rings. The number of rotatable bonds is 4. The molecule has 1 unspecified atom stereocenters. The molecule has 0 saturated carbocycles. The van der Waals surface area contributed by atoms with Crippen LogP contribution in [0.5, 0.6) is 0 Å². The molecule has 0 radical (unpaired) electrons. The summed E-state index contributed by atoms with van der Waals surface area (Å²) >= 11 is 1.44. The maximum Gasteiger partial charge on any atom is 0.256 e. The molecule has 5 heteroatoms.